The first-order valence-corrected chi connectivity index (χ1v) is 13.5. The Labute approximate surface area is 226 Å². The molecule has 1 fully saturated rings. The third-order valence-corrected chi connectivity index (χ3v) is 8.11. The van der Waals surface area contributed by atoms with Gasteiger partial charge < -0.3 is 9.88 Å². The van der Waals surface area contributed by atoms with Gasteiger partial charge in [0.15, 0.2) is 0 Å². The molecule has 0 aliphatic carbocycles. The van der Waals surface area contributed by atoms with Gasteiger partial charge in [-0.1, -0.05) is 6.07 Å². The molecule has 1 saturated heterocycles. The predicted molar refractivity (Wildman–Crippen MR) is 147 cm³/mol. The van der Waals surface area contributed by atoms with E-state index in [4.69, 9.17) is 0 Å². The summed E-state index contributed by atoms with van der Waals surface area (Å²) in [5.74, 6) is 1.33. The number of nitriles is 1. The van der Waals surface area contributed by atoms with Crippen LogP contribution in [0.2, 0.25) is 0 Å². The highest BCUT2D eigenvalue weighted by Crippen LogP contribution is 2.33. The van der Waals surface area contributed by atoms with Crippen molar-refractivity contribution in [3.63, 3.8) is 0 Å². The highest BCUT2D eigenvalue weighted by atomic mass is 32.1. The SMILES string of the molecule is N#Cc1cc2cc(CN3CCC(Nc4ncnc5sc(CC(F)(F)F)cc45)CC3)ccc2n1CC1=NCC=N1. The van der Waals surface area contributed by atoms with E-state index >= 15 is 0 Å². The molecule has 3 aromatic heterocycles. The van der Waals surface area contributed by atoms with E-state index in [1.807, 2.05) is 10.6 Å². The minimum absolute atomic E-state index is 0.182. The second-order valence-corrected chi connectivity index (χ2v) is 10.9. The molecule has 2 aliphatic rings. The zero-order valence-corrected chi connectivity index (χ0v) is 21.8. The summed E-state index contributed by atoms with van der Waals surface area (Å²) in [6, 6.07) is 12.3. The van der Waals surface area contributed by atoms with Crippen LogP contribution in [0.1, 0.15) is 29.0 Å². The number of thiophene rings is 1. The van der Waals surface area contributed by atoms with E-state index in [2.05, 4.69) is 54.4 Å². The van der Waals surface area contributed by atoms with Gasteiger partial charge in [0.25, 0.3) is 0 Å². The lowest BCUT2D eigenvalue weighted by Crippen LogP contribution is -2.38. The number of rotatable bonds is 7. The van der Waals surface area contributed by atoms with Crippen LogP contribution >= 0.6 is 11.3 Å². The molecule has 4 aromatic rings. The summed E-state index contributed by atoms with van der Waals surface area (Å²) in [4.78, 5) is 20.3. The van der Waals surface area contributed by atoms with Crippen LogP contribution < -0.4 is 5.32 Å². The van der Waals surface area contributed by atoms with E-state index in [0.717, 1.165) is 60.6 Å². The molecule has 0 spiro atoms. The molecule has 0 radical (unpaired) electrons. The van der Waals surface area contributed by atoms with Gasteiger partial charge in [0.2, 0.25) is 0 Å². The number of amidine groups is 1. The molecule has 1 aromatic carbocycles. The van der Waals surface area contributed by atoms with Crippen molar-refractivity contribution < 1.29 is 13.2 Å². The van der Waals surface area contributed by atoms with Gasteiger partial charge in [0.1, 0.15) is 34.6 Å². The van der Waals surface area contributed by atoms with Crippen LogP contribution in [-0.2, 0) is 19.5 Å². The van der Waals surface area contributed by atoms with Gasteiger partial charge in [0.05, 0.1) is 24.9 Å². The number of alkyl halides is 3. The Morgan fingerprint density at radius 1 is 1.10 bits per heavy atom. The number of aromatic nitrogens is 3. The van der Waals surface area contributed by atoms with Crippen LogP contribution in [0.15, 0.2) is 46.6 Å². The molecule has 0 atom stereocenters. The third-order valence-electron chi connectivity index (χ3n) is 7.07. The summed E-state index contributed by atoms with van der Waals surface area (Å²) >= 11 is 1.06. The Balaban J connectivity index is 1.09. The fourth-order valence-electron chi connectivity index (χ4n) is 5.24. The minimum Gasteiger partial charge on any atom is -0.367 e. The van der Waals surface area contributed by atoms with Crippen molar-refractivity contribution in [1.29, 1.82) is 5.26 Å². The number of nitrogens with zero attached hydrogens (tertiary/aromatic N) is 7. The lowest BCUT2D eigenvalue weighted by molar-refractivity contribution is -0.126. The summed E-state index contributed by atoms with van der Waals surface area (Å²) in [5, 5.41) is 14.8. The fourth-order valence-corrected chi connectivity index (χ4v) is 6.27. The smallest absolute Gasteiger partial charge is 0.367 e. The third kappa shape index (κ3) is 5.65. The maximum Gasteiger partial charge on any atom is 0.393 e. The molecule has 8 nitrogen and oxygen atoms in total. The molecule has 200 valence electrons. The number of hydrogen-bond donors (Lipinski definition) is 1. The number of aliphatic imine (C=N–C) groups is 2. The molecule has 0 unspecified atom stereocenters. The van der Waals surface area contributed by atoms with Crippen molar-refractivity contribution in [2.24, 2.45) is 9.98 Å². The Morgan fingerprint density at radius 2 is 1.95 bits per heavy atom. The van der Waals surface area contributed by atoms with Gasteiger partial charge in [-0.2, -0.15) is 18.4 Å². The van der Waals surface area contributed by atoms with E-state index in [1.165, 1.54) is 11.9 Å². The van der Waals surface area contributed by atoms with Gasteiger partial charge in [-0.05, 0) is 42.7 Å². The number of nitrogens with one attached hydrogen (secondary N) is 1. The number of fused-ring (bicyclic) bond motifs is 2. The number of hydrogen-bond acceptors (Lipinski definition) is 8. The average molecular weight is 551 g/mol. The molecule has 12 heteroatoms. The van der Waals surface area contributed by atoms with E-state index < -0.39 is 12.6 Å². The average Bonchev–Trinajstić information content (AvgIpc) is 3.64. The lowest BCUT2D eigenvalue weighted by Gasteiger charge is -2.32. The quantitative estimate of drug-likeness (QED) is 0.342. The highest BCUT2D eigenvalue weighted by Gasteiger charge is 2.29. The molecule has 1 N–H and O–H groups in total. The van der Waals surface area contributed by atoms with Gasteiger partial charge >= 0.3 is 6.18 Å². The Bertz CT molecular complexity index is 1620. The zero-order chi connectivity index (χ0) is 27.0. The lowest BCUT2D eigenvalue weighted by atomic mass is 10.0. The summed E-state index contributed by atoms with van der Waals surface area (Å²) in [6.07, 6.45) is -0.237. The van der Waals surface area contributed by atoms with Crippen LogP contribution in [0.25, 0.3) is 21.1 Å². The van der Waals surface area contributed by atoms with Crippen LogP contribution in [0, 0.1) is 11.3 Å². The number of halogens is 3. The van der Waals surface area contributed by atoms with Crippen molar-refractivity contribution in [1.82, 2.24) is 19.4 Å². The summed E-state index contributed by atoms with van der Waals surface area (Å²) < 4.78 is 40.5. The summed E-state index contributed by atoms with van der Waals surface area (Å²) in [6.45, 7) is 3.64. The van der Waals surface area contributed by atoms with Crippen LogP contribution in [0.3, 0.4) is 0 Å². The van der Waals surface area contributed by atoms with Crippen molar-refractivity contribution in [3.05, 3.63) is 52.8 Å². The first-order chi connectivity index (χ1) is 18.8. The van der Waals surface area contributed by atoms with Gasteiger partial charge in [-0.25, -0.2) is 15.0 Å². The van der Waals surface area contributed by atoms with Gasteiger partial charge in [-0.15, -0.1) is 11.3 Å². The molecule has 0 amide bonds. The molecule has 0 bridgehead atoms. The van der Waals surface area contributed by atoms with Crippen molar-refractivity contribution >= 4 is 50.3 Å². The molecular weight excluding hydrogens is 525 g/mol. The molecule has 0 saturated carbocycles. The number of piperidine rings is 1. The number of likely N-dealkylation sites (tertiary alicyclic amines) is 1. The van der Waals surface area contributed by atoms with Crippen LogP contribution in [-0.4, -0.2) is 63.3 Å². The zero-order valence-electron chi connectivity index (χ0n) is 20.9. The number of benzene rings is 1. The van der Waals surface area contributed by atoms with Crippen LogP contribution in [0.4, 0.5) is 19.0 Å². The minimum atomic E-state index is -4.25. The Hall–Kier alpha value is -3.82. The standard InChI is InChI=1S/C27H25F3N8S/c28-27(29,30)12-21-11-22-25(34-16-35-26(22)39-21)36-19-3-7-37(8-4-19)14-17-1-2-23-18(9-17)10-20(13-31)38(23)15-24-32-5-6-33-24/h1-2,5,9-11,16,19H,3-4,6-8,12,14-15H2,(H,34,35,36). The van der Waals surface area contributed by atoms with Crippen molar-refractivity contribution in [2.75, 3.05) is 25.0 Å². The Morgan fingerprint density at radius 3 is 2.69 bits per heavy atom. The van der Waals surface area contributed by atoms with E-state index in [9.17, 15) is 18.4 Å². The highest BCUT2D eigenvalue weighted by molar-refractivity contribution is 7.18. The van der Waals surface area contributed by atoms with E-state index in [0.29, 0.717) is 34.8 Å². The molecule has 39 heavy (non-hydrogen) atoms. The maximum atomic E-state index is 12.9. The van der Waals surface area contributed by atoms with Crippen molar-refractivity contribution in [2.45, 2.75) is 44.6 Å². The largest absolute Gasteiger partial charge is 0.393 e. The van der Waals surface area contributed by atoms with Crippen molar-refractivity contribution in [3.8, 4) is 6.07 Å². The molecule has 6 rings (SSSR count). The molecule has 2 aliphatic heterocycles. The normalized spacial score (nSPS) is 16.7. The van der Waals surface area contributed by atoms with Crippen LogP contribution in [0.5, 0.6) is 0 Å². The summed E-state index contributed by atoms with van der Waals surface area (Å²) in [5.41, 5.74) is 2.76. The maximum absolute atomic E-state index is 12.9. The van der Waals surface area contributed by atoms with Gasteiger partial charge in [0, 0.05) is 47.7 Å². The monoisotopic (exact) mass is 550 g/mol. The first kappa shape index (κ1) is 25.5. The Kier molecular flexibility index (Phi) is 6.78. The second-order valence-electron chi connectivity index (χ2n) is 9.83. The summed E-state index contributed by atoms with van der Waals surface area (Å²) in [7, 11) is 0. The topological polar surface area (TPSA) is 94.5 Å². The molecular formula is C27H25F3N8S. The van der Waals surface area contributed by atoms with E-state index in [1.54, 1.807) is 12.3 Å². The first-order valence-electron chi connectivity index (χ1n) is 12.7. The van der Waals surface area contributed by atoms with Gasteiger partial charge in [-0.3, -0.25) is 9.89 Å². The fraction of sp³-hybridized carbons (Fsp3) is 0.370. The number of anilines is 1. The predicted octanol–water partition coefficient (Wildman–Crippen LogP) is 5.18. The second kappa shape index (κ2) is 10.4. The van der Waals surface area contributed by atoms with E-state index in [-0.39, 0.29) is 10.9 Å². The molecule has 5 heterocycles.